The number of fused-ring (bicyclic) bond motifs is 1. The quantitative estimate of drug-likeness (QED) is 0.544. The number of rotatable bonds is 4. The van der Waals surface area contributed by atoms with Gasteiger partial charge in [-0.3, -0.25) is 9.59 Å². The largest absolute Gasteiger partial charge is 0.497 e. The van der Waals surface area contributed by atoms with Crippen molar-refractivity contribution in [3.05, 3.63) is 88.3 Å². The summed E-state index contributed by atoms with van der Waals surface area (Å²) in [6, 6.07) is 17.6. The maximum atomic E-state index is 13.4. The number of methoxy groups -OCH3 is 1. The average molecular weight is 385 g/mol. The fraction of sp³-hybridized carbons (Fsp3) is 0.0870. The highest BCUT2D eigenvalue weighted by molar-refractivity contribution is 6.18. The number of ketones is 1. The predicted octanol–water partition coefficient (Wildman–Crippen LogP) is 3.42. The van der Waals surface area contributed by atoms with Crippen molar-refractivity contribution >= 4 is 22.5 Å². The minimum absolute atomic E-state index is 0.0548. The second kappa shape index (κ2) is 7.24. The molecule has 0 radical (unpaired) electrons. The normalized spacial score (nSPS) is 10.8. The van der Waals surface area contributed by atoms with E-state index in [-0.39, 0.29) is 17.2 Å². The van der Waals surface area contributed by atoms with Crippen LogP contribution in [-0.2, 0) is 7.05 Å². The summed E-state index contributed by atoms with van der Waals surface area (Å²) in [6.07, 6.45) is 1.55. The summed E-state index contributed by atoms with van der Waals surface area (Å²) in [6.45, 7) is 0. The molecule has 0 saturated carbocycles. The van der Waals surface area contributed by atoms with Crippen LogP contribution in [0.15, 0.2) is 71.7 Å². The highest BCUT2D eigenvalue weighted by Crippen LogP contribution is 2.35. The van der Waals surface area contributed by atoms with Crippen molar-refractivity contribution in [3.63, 3.8) is 0 Å². The first kappa shape index (κ1) is 18.4. The van der Waals surface area contributed by atoms with Crippen LogP contribution in [0, 0.1) is 0 Å². The molecule has 6 nitrogen and oxygen atoms in total. The molecule has 144 valence electrons. The van der Waals surface area contributed by atoms with Crippen molar-refractivity contribution in [1.29, 1.82) is 0 Å². The van der Waals surface area contributed by atoms with E-state index in [4.69, 9.17) is 10.5 Å². The number of aryl methyl sites for hydroxylation is 1. The number of carbonyl (C=O) groups excluding carboxylic acids is 1. The molecule has 0 aliphatic rings. The molecule has 0 unspecified atom stereocenters. The van der Waals surface area contributed by atoms with E-state index in [0.29, 0.717) is 33.3 Å². The van der Waals surface area contributed by atoms with Crippen molar-refractivity contribution in [2.24, 2.45) is 7.05 Å². The van der Waals surface area contributed by atoms with Gasteiger partial charge in [0.05, 0.1) is 18.2 Å². The van der Waals surface area contributed by atoms with Gasteiger partial charge in [0.2, 0.25) is 0 Å². The number of nitrogen functional groups attached to an aromatic ring is 1. The molecule has 4 aromatic rings. The number of benzene rings is 2. The first-order valence-electron chi connectivity index (χ1n) is 9.04. The Morgan fingerprint density at radius 3 is 2.55 bits per heavy atom. The molecule has 0 spiro atoms. The molecule has 29 heavy (non-hydrogen) atoms. The number of nitrogens with zero attached hydrogens (tertiary/aromatic N) is 2. The molecular weight excluding hydrogens is 366 g/mol. The van der Waals surface area contributed by atoms with Gasteiger partial charge in [-0.1, -0.05) is 42.5 Å². The maximum Gasteiger partial charge on any atom is 0.262 e. The summed E-state index contributed by atoms with van der Waals surface area (Å²) in [5, 5.41) is 0.558. The average Bonchev–Trinajstić information content (AvgIpc) is 2.76. The molecule has 2 aromatic heterocycles. The number of aromatic nitrogens is 2. The van der Waals surface area contributed by atoms with Crippen LogP contribution in [0.4, 0.5) is 5.82 Å². The monoisotopic (exact) mass is 385 g/mol. The van der Waals surface area contributed by atoms with Crippen molar-refractivity contribution in [2.45, 2.75) is 0 Å². The molecule has 0 aliphatic heterocycles. The lowest BCUT2D eigenvalue weighted by Gasteiger charge is -2.17. The molecule has 0 fully saturated rings. The zero-order valence-electron chi connectivity index (χ0n) is 16.0. The van der Waals surface area contributed by atoms with Crippen LogP contribution >= 0.6 is 0 Å². The minimum Gasteiger partial charge on any atom is -0.497 e. The number of pyridine rings is 2. The Morgan fingerprint density at radius 2 is 1.83 bits per heavy atom. The van der Waals surface area contributed by atoms with Crippen LogP contribution in [-0.4, -0.2) is 22.4 Å². The summed E-state index contributed by atoms with van der Waals surface area (Å²) >= 11 is 0. The molecule has 4 rings (SSSR count). The molecule has 2 N–H and O–H groups in total. The second-order valence-electron chi connectivity index (χ2n) is 6.63. The van der Waals surface area contributed by atoms with E-state index in [1.54, 1.807) is 68.9 Å². The lowest BCUT2D eigenvalue weighted by molar-refractivity contribution is 0.103. The molecule has 0 saturated heterocycles. The molecule has 0 atom stereocenters. The summed E-state index contributed by atoms with van der Waals surface area (Å²) < 4.78 is 6.78. The molecule has 0 aliphatic carbocycles. The second-order valence-corrected chi connectivity index (χ2v) is 6.63. The van der Waals surface area contributed by atoms with Gasteiger partial charge >= 0.3 is 0 Å². The Hall–Kier alpha value is -3.93. The smallest absolute Gasteiger partial charge is 0.262 e. The summed E-state index contributed by atoms with van der Waals surface area (Å²) in [7, 11) is 3.19. The van der Waals surface area contributed by atoms with Crippen molar-refractivity contribution in [1.82, 2.24) is 9.55 Å². The van der Waals surface area contributed by atoms with Crippen LogP contribution in [0.25, 0.3) is 22.0 Å². The van der Waals surface area contributed by atoms with Crippen LogP contribution in [0.2, 0.25) is 0 Å². The minimum atomic E-state index is -0.394. The van der Waals surface area contributed by atoms with E-state index in [0.717, 1.165) is 0 Å². The number of nitrogens with two attached hydrogens (primary N) is 1. The van der Waals surface area contributed by atoms with E-state index < -0.39 is 5.56 Å². The van der Waals surface area contributed by atoms with E-state index in [1.165, 1.54) is 4.57 Å². The third-order valence-electron chi connectivity index (χ3n) is 4.96. The Balaban J connectivity index is 2.17. The van der Waals surface area contributed by atoms with Crippen molar-refractivity contribution < 1.29 is 9.53 Å². The Kier molecular flexibility index (Phi) is 4.60. The lowest BCUT2D eigenvalue weighted by Crippen LogP contribution is -2.27. The predicted molar refractivity (Wildman–Crippen MR) is 113 cm³/mol. The molecule has 2 heterocycles. The van der Waals surface area contributed by atoms with Gasteiger partial charge in [0.1, 0.15) is 11.6 Å². The molecule has 6 heteroatoms. The molecule has 2 aromatic carbocycles. The fourth-order valence-corrected chi connectivity index (χ4v) is 3.52. The third kappa shape index (κ3) is 3.04. The lowest BCUT2D eigenvalue weighted by atomic mass is 9.91. The van der Waals surface area contributed by atoms with Gasteiger partial charge in [0, 0.05) is 29.8 Å². The Bertz CT molecular complexity index is 1290. The highest BCUT2D eigenvalue weighted by atomic mass is 16.5. The van der Waals surface area contributed by atoms with Gasteiger partial charge in [-0.25, -0.2) is 4.98 Å². The molecule has 0 bridgehead atoms. The first-order chi connectivity index (χ1) is 14.0. The van der Waals surface area contributed by atoms with Crippen molar-refractivity contribution in [3.8, 4) is 16.9 Å². The van der Waals surface area contributed by atoms with Gasteiger partial charge in [-0.2, -0.15) is 0 Å². The topological polar surface area (TPSA) is 87.2 Å². The van der Waals surface area contributed by atoms with E-state index >= 15 is 0 Å². The van der Waals surface area contributed by atoms with Crippen LogP contribution < -0.4 is 16.0 Å². The SMILES string of the molecule is COc1cccc(-c2c(C(=O)c3ccccc3)c(=O)n(C)c3ccnc(N)c23)c1. The van der Waals surface area contributed by atoms with E-state index in [9.17, 15) is 9.59 Å². The van der Waals surface area contributed by atoms with Crippen LogP contribution in [0.5, 0.6) is 5.75 Å². The summed E-state index contributed by atoms with van der Waals surface area (Å²) in [4.78, 5) is 30.9. The molecular formula is C23H19N3O3. The maximum absolute atomic E-state index is 13.4. The standard InChI is InChI=1S/C23H19N3O3/c1-26-17-11-12-25-22(24)19(17)18(15-9-6-10-16(13-15)29-2)20(23(26)28)21(27)14-7-4-3-5-8-14/h3-13H,1-2H3,(H2,24,25). The number of carbonyl (C=O) groups is 1. The molecule has 0 amide bonds. The van der Waals surface area contributed by atoms with Gasteiger partial charge in [0.15, 0.2) is 5.78 Å². The van der Waals surface area contributed by atoms with Gasteiger partial charge < -0.3 is 15.0 Å². The number of hydrogen-bond acceptors (Lipinski definition) is 5. The van der Waals surface area contributed by atoms with E-state index in [2.05, 4.69) is 4.98 Å². The first-order valence-corrected chi connectivity index (χ1v) is 9.04. The van der Waals surface area contributed by atoms with Crippen molar-refractivity contribution in [2.75, 3.05) is 12.8 Å². The van der Waals surface area contributed by atoms with Crippen LogP contribution in [0.3, 0.4) is 0 Å². The Morgan fingerprint density at radius 1 is 1.07 bits per heavy atom. The number of ether oxygens (including phenoxy) is 1. The summed E-state index contributed by atoms with van der Waals surface area (Å²) in [5.41, 5.74) is 8.03. The zero-order chi connectivity index (χ0) is 20.5. The Labute approximate surface area is 167 Å². The number of anilines is 1. The summed E-state index contributed by atoms with van der Waals surface area (Å²) in [5.74, 6) is 0.490. The van der Waals surface area contributed by atoms with Gasteiger partial charge in [-0.05, 0) is 23.8 Å². The highest BCUT2D eigenvalue weighted by Gasteiger charge is 2.25. The van der Waals surface area contributed by atoms with Gasteiger partial charge in [0.25, 0.3) is 5.56 Å². The van der Waals surface area contributed by atoms with E-state index in [1.807, 2.05) is 12.1 Å². The van der Waals surface area contributed by atoms with Crippen LogP contribution in [0.1, 0.15) is 15.9 Å². The van der Waals surface area contributed by atoms with Gasteiger partial charge in [-0.15, -0.1) is 0 Å². The third-order valence-corrected chi connectivity index (χ3v) is 4.96. The fourth-order valence-electron chi connectivity index (χ4n) is 3.52. The number of hydrogen-bond donors (Lipinski definition) is 1. The zero-order valence-corrected chi connectivity index (χ0v) is 16.0.